The molecule has 0 spiro atoms. The molecular weight excluding hydrogens is 352 g/mol. The van der Waals surface area contributed by atoms with E-state index in [0.29, 0.717) is 0 Å². The molecule has 0 saturated heterocycles. The van der Waals surface area contributed by atoms with Gasteiger partial charge in [0.1, 0.15) is 0 Å². The molecule has 0 nitrogen and oxygen atoms in total. The number of hydrogen-bond donors (Lipinski definition) is 0. The highest BCUT2D eigenvalue weighted by Gasteiger charge is 2.18. The summed E-state index contributed by atoms with van der Waals surface area (Å²) in [6.45, 7) is 4.53. The minimum absolute atomic E-state index is 1.35. The smallest absolute Gasteiger partial charge is 0.0890 e. The van der Waals surface area contributed by atoms with Crippen LogP contribution in [0.3, 0.4) is 0 Å². The van der Waals surface area contributed by atoms with Crippen LogP contribution >= 0.6 is 22.7 Å². The first-order chi connectivity index (χ1) is 12.7. The lowest BCUT2D eigenvalue weighted by Crippen LogP contribution is -1.81. The van der Waals surface area contributed by atoms with E-state index in [0.717, 1.165) is 0 Å². The maximum Gasteiger partial charge on any atom is 0.0890 e. The largest absolute Gasteiger partial charge is 0.123 e. The van der Waals surface area contributed by atoms with Crippen molar-refractivity contribution in [3.8, 4) is 0 Å². The van der Waals surface area contributed by atoms with Gasteiger partial charge in [0.2, 0.25) is 0 Å². The van der Waals surface area contributed by atoms with Crippen LogP contribution in [-0.4, -0.2) is 0 Å². The van der Waals surface area contributed by atoms with Crippen LogP contribution in [0.4, 0.5) is 0 Å². The number of benzene rings is 4. The third kappa shape index (κ3) is 1.78. The summed E-state index contributed by atoms with van der Waals surface area (Å²) in [5.41, 5.74) is 2.77. The molecule has 6 aromatic rings. The van der Waals surface area contributed by atoms with E-state index in [-0.39, 0.29) is 0 Å². The molecule has 0 bridgehead atoms. The Labute approximate surface area is 159 Å². The molecule has 4 aromatic carbocycles. The number of thiophene rings is 2. The fourth-order valence-corrected chi connectivity index (χ4v) is 7.34. The average molecular weight is 369 g/mol. The van der Waals surface area contributed by atoms with Crippen LogP contribution in [-0.2, 0) is 0 Å². The summed E-state index contributed by atoms with van der Waals surface area (Å²) in [4.78, 5) is 0. The van der Waals surface area contributed by atoms with Crippen molar-refractivity contribution in [3.05, 3.63) is 71.8 Å². The van der Waals surface area contributed by atoms with Gasteiger partial charge in [0.15, 0.2) is 0 Å². The van der Waals surface area contributed by atoms with Gasteiger partial charge in [0.25, 0.3) is 0 Å². The molecule has 6 rings (SSSR count). The Morgan fingerprint density at radius 2 is 1.04 bits per heavy atom. The molecule has 0 aliphatic heterocycles. The Balaban J connectivity index is 1.93. The van der Waals surface area contributed by atoms with Gasteiger partial charge < -0.3 is 0 Å². The molecule has 0 radical (unpaired) electrons. The highest BCUT2D eigenvalue weighted by molar-refractivity contribution is 7.45. The second-order valence-corrected chi connectivity index (χ2v) is 9.40. The van der Waals surface area contributed by atoms with E-state index in [1.807, 2.05) is 22.7 Å². The van der Waals surface area contributed by atoms with Crippen LogP contribution in [0.25, 0.3) is 51.1 Å². The molecule has 0 unspecified atom stereocenters. The summed E-state index contributed by atoms with van der Waals surface area (Å²) in [6, 6.07) is 22.3. The van der Waals surface area contributed by atoms with Gasteiger partial charge in [-0.05, 0) is 46.5 Å². The van der Waals surface area contributed by atoms with Gasteiger partial charge in [-0.2, -0.15) is 0 Å². The van der Waals surface area contributed by atoms with Crippen LogP contribution in [0, 0.1) is 13.8 Å². The van der Waals surface area contributed by atoms with Crippen molar-refractivity contribution in [2.75, 3.05) is 0 Å². The molecule has 2 heteroatoms. The van der Waals surface area contributed by atoms with E-state index < -0.39 is 0 Å². The van der Waals surface area contributed by atoms with Crippen LogP contribution in [0.5, 0.6) is 0 Å². The van der Waals surface area contributed by atoms with Gasteiger partial charge in [0.05, 0.1) is 4.01 Å². The topological polar surface area (TPSA) is 0 Å². The first kappa shape index (κ1) is 14.7. The monoisotopic (exact) mass is 368 g/mol. The molecule has 0 aliphatic carbocycles. The van der Waals surface area contributed by atoms with Gasteiger partial charge >= 0.3 is 0 Å². The predicted octanol–water partition coefficient (Wildman–Crippen LogP) is 8.19. The summed E-state index contributed by atoms with van der Waals surface area (Å²) in [5, 5.41) is 9.83. The van der Waals surface area contributed by atoms with Crippen molar-refractivity contribution in [3.63, 3.8) is 0 Å². The van der Waals surface area contributed by atoms with Crippen LogP contribution < -0.4 is 0 Å². The predicted molar refractivity (Wildman–Crippen MR) is 119 cm³/mol. The molecule has 0 saturated carbocycles. The third-order valence-corrected chi connectivity index (χ3v) is 8.03. The lowest BCUT2D eigenvalue weighted by Gasteiger charge is -2.06. The minimum Gasteiger partial charge on any atom is -0.123 e. The highest BCUT2D eigenvalue weighted by Crippen LogP contribution is 2.49. The molecule has 2 aromatic heterocycles. The molecule has 0 amide bonds. The SMILES string of the molecule is Cc1cc2ccccc2c2sc3sc4c5ccccc5cc(C)c4c3c12. The first-order valence-electron chi connectivity index (χ1n) is 8.88. The van der Waals surface area contributed by atoms with E-state index >= 15 is 0 Å². The highest BCUT2D eigenvalue weighted by atomic mass is 32.2. The summed E-state index contributed by atoms with van der Waals surface area (Å²) < 4.78 is 4.33. The molecule has 0 aliphatic rings. The molecule has 124 valence electrons. The number of aryl methyl sites for hydroxylation is 2. The van der Waals surface area contributed by atoms with E-state index in [1.165, 1.54) is 62.2 Å². The maximum absolute atomic E-state index is 2.35. The quantitative estimate of drug-likeness (QED) is 0.253. The molecule has 2 heterocycles. The lowest BCUT2D eigenvalue weighted by atomic mass is 9.98. The molecule has 0 N–H and O–H groups in total. The van der Waals surface area contributed by atoms with Crippen LogP contribution in [0.2, 0.25) is 0 Å². The zero-order chi connectivity index (χ0) is 17.4. The first-order valence-corrected chi connectivity index (χ1v) is 10.5. The molecule has 0 atom stereocenters. The Morgan fingerprint density at radius 1 is 0.577 bits per heavy atom. The zero-order valence-electron chi connectivity index (χ0n) is 14.6. The standard InChI is InChI=1S/C24H16S2/c1-13-11-15-7-3-5-9-17(15)22-19(13)21-20-14(2)12-16-8-4-6-10-18(16)23(20)26-24(21)25-22/h3-12H,1-2H3. The molecule has 0 fully saturated rings. The average Bonchev–Trinajstić information content (AvgIpc) is 3.19. The van der Waals surface area contributed by atoms with Crippen molar-refractivity contribution in [1.29, 1.82) is 0 Å². The summed E-state index contributed by atoms with van der Waals surface area (Å²) in [7, 11) is 0. The molecule has 26 heavy (non-hydrogen) atoms. The van der Waals surface area contributed by atoms with Crippen molar-refractivity contribution in [1.82, 2.24) is 0 Å². The Bertz CT molecular complexity index is 1380. The van der Waals surface area contributed by atoms with Crippen LogP contribution in [0.15, 0.2) is 60.7 Å². The Morgan fingerprint density at radius 3 is 1.54 bits per heavy atom. The van der Waals surface area contributed by atoms with Crippen molar-refractivity contribution >= 4 is 73.8 Å². The molecular formula is C24H16S2. The van der Waals surface area contributed by atoms with E-state index in [1.54, 1.807) is 0 Å². The number of rotatable bonds is 0. The second kappa shape index (κ2) is 5.06. The van der Waals surface area contributed by atoms with Crippen molar-refractivity contribution < 1.29 is 0 Å². The maximum atomic E-state index is 2.35. The van der Waals surface area contributed by atoms with Crippen molar-refractivity contribution in [2.45, 2.75) is 13.8 Å². The van der Waals surface area contributed by atoms with Gasteiger partial charge in [0, 0.05) is 25.6 Å². The Hall–Kier alpha value is -2.42. The van der Waals surface area contributed by atoms with Gasteiger partial charge in [-0.1, -0.05) is 60.7 Å². The van der Waals surface area contributed by atoms with Gasteiger partial charge in [-0.25, -0.2) is 0 Å². The van der Waals surface area contributed by atoms with E-state index in [9.17, 15) is 0 Å². The van der Waals surface area contributed by atoms with Gasteiger partial charge in [-0.3, -0.25) is 0 Å². The van der Waals surface area contributed by atoms with Crippen LogP contribution in [0.1, 0.15) is 11.1 Å². The third-order valence-electron chi connectivity index (χ3n) is 5.49. The Kier molecular flexibility index (Phi) is 2.87. The lowest BCUT2D eigenvalue weighted by molar-refractivity contribution is 1.57. The van der Waals surface area contributed by atoms with Gasteiger partial charge in [-0.15, -0.1) is 22.7 Å². The summed E-state index contributed by atoms with van der Waals surface area (Å²) >= 11 is 3.93. The van der Waals surface area contributed by atoms with E-state index in [4.69, 9.17) is 0 Å². The summed E-state index contributed by atoms with van der Waals surface area (Å²) in [5.74, 6) is 0. The second-order valence-electron chi connectivity index (χ2n) is 7.10. The normalized spacial score (nSPS) is 12.2. The number of hydrogen-bond acceptors (Lipinski definition) is 2. The fourth-order valence-electron chi connectivity index (χ4n) is 4.37. The number of fused-ring (bicyclic) bond motifs is 9. The van der Waals surface area contributed by atoms with Crippen molar-refractivity contribution in [2.24, 2.45) is 0 Å². The van der Waals surface area contributed by atoms with E-state index in [2.05, 4.69) is 74.5 Å². The summed E-state index contributed by atoms with van der Waals surface area (Å²) in [6.07, 6.45) is 0. The minimum atomic E-state index is 1.35. The zero-order valence-corrected chi connectivity index (χ0v) is 16.2. The fraction of sp³-hybridized carbons (Fsp3) is 0.0833.